The lowest BCUT2D eigenvalue weighted by molar-refractivity contribution is -0.431. The minimum atomic E-state index is -7.93. The molecule has 0 unspecified atom stereocenters. The average molecular weight is 366 g/mol. The number of halogens is 14. The summed E-state index contributed by atoms with van der Waals surface area (Å²) in [6, 6.07) is 0. The molecule has 0 amide bonds. The molecule has 0 fully saturated rings. The highest BCUT2D eigenvalue weighted by atomic mass is 19.4. The highest BCUT2D eigenvalue weighted by Crippen LogP contribution is 2.60. The van der Waals surface area contributed by atoms with Crippen molar-refractivity contribution in [3.05, 3.63) is 0 Å². The van der Waals surface area contributed by atoms with Crippen LogP contribution in [0, 0.1) is 0 Å². The van der Waals surface area contributed by atoms with E-state index in [1.54, 1.807) is 0 Å². The quantitative estimate of drug-likeness (QED) is 0.575. The summed E-state index contributed by atoms with van der Waals surface area (Å²) in [5.41, 5.74) is 0. The van der Waals surface area contributed by atoms with Crippen LogP contribution in [0.15, 0.2) is 0 Å². The summed E-state index contributed by atoms with van der Waals surface area (Å²) in [5.74, 6) is -44.0. The van der Waals surface area contributed by atoms with Gasteiger partial charge in [0.15, 0.2) is 0 Å². The highest BCUT2D eigenvalue weighted by Gasteiger charge is 2.90. The van der Waals surface area contributed by atoms with Crippen LogP contribution in [0.2, 0.25) is 0 Å². The minimum absolute atomic E-state index is 1.08. The SMILES string of the molecule is CC(F)(F)C(F)(F)C(F)(F)C(F)(F)C(F)(F)C(F)(F)C(F)F. The van der Waals surface area contributed by atoms with Gasteiger partial charge in [0.1, 0.15) is 0 Å². The maximum atomic E-state index is 12.7. The Kier molecular flexibility index (Phi) is 4.79. The van der Waals surface area contributed by atoms with Gasteiger partial charge in [-0.1, -0.05) is 0 Å². The van der Waals surface area contributed by atoms with E-state index in [2.05, 4.69) is 0 Å². The van der Waals surface area contributed by atoms with Gasteiger partial charge in [0, 0.05) is 6.92 Å². The molecule has 0 aliphatic heterocycles. The summed E-state index contributed by atoms with van der Waals surface area (Å²) in [4.78, 5) is 0. The van der Waals surface area contributed by atoms with Crippen molar-refractivity contribution in [3.8, 4) is 0 Å². The molecule has 0 atom stereocenters. The van der Waals surface area contributed by atoms with Gasteiger partial charge in [-0.15, -0.1) is 0 Å². The van der Waals surface area contributed by atoms with Gasteiger partial charge in [0.05, 0.1) is 0 Å². The number of hydrogen-bond donors (Lipinski definition) is 0. The Morgan fingerprint density at radius 2 is 0.773 bits per heavy atom. The zero-order chi connectivity index (χ0) is 18.6. The molecule has 0 radical (unpaired) electrons. The lowest BCUT2D eigenvalue weighted by Crippen LogP contribution is -2.71. The first-order chi connectivity index (χ1) is 9.19. The molecule has 0 aliphatic rings. The minimum Gasteiger partial charge on any atom is -0.203 e. The fraction of sp³-hybridized carbons (Fsp3) is 1.00. The standard InChI is InChI=1S/C8H4F14/c1-3(11,12)5(15,16)7(19,20)8(21,22)6(17,18)4(13,14)2(9)10/h2H,1H3. The van der Waals surface area contributed by atoms with E-state index in [0.29, 0.717) is 0 Å². The second kappa shape index (κ2) is 5.01. The molecule has 134 valence electrons. The number of rotatable bonds is 6. The largest absolute Gasteiger partial charge is 0.384 e. The van der Waals surface area contributed by atoms with Gasteiger partial charge in [0.2, 0.25) is 0 Å². The van der Waals surface area contributed by atoms with Gasteiger partial charge < -0.3 is 0 Å². The van der Waals surface area contributed by atoms with Crippen molar-refractivity contribution < 1.29 is 61.5 Å². The van der Waals surface area contributed by atoms with Crippen molar-refractivity contribution in [2.24, 2.45) is 0 Å². The summed E-state index contributed by atoms with van der Waals surface area (Å²) in [6.07, 6.45) is -5.67. The van der Waals surface area contributed by atoms with Gasteiger partial charge >= 0.3 is 42.0 Å². The summed E-state index contributed by atoms with van der Waals surface area (Å²) in [6.45, 7) is -1.08. The van der Waals surface area contributed by atoms with Gasteiger partial charge in [-0.05, 0) is 0 Å². The monoisotopic (exact) mass is 366 g/mol. The van der Waals surface area contributed by atoms with E-state index in [1.165, 1.54) is 0 Å². The molecule has 22 heavy (non-hydrogen) atoms. The number of alkyl halides is 14. The predicted molar refractivity (Wildman–Crippen MR) is 41.4 cm³/mol. The van der Waals surface area contributed by atoms with Crippen LogP contribution in [-0.4, -0.2) is 42.0 Å². The Balaban J connectivity index is 6.24. The zero-order valence-corrected chi connectivity index (χ0v) is 9.87. The Morgan fingerprint density at radius 3 is 1.00 bits per heavy atom. The normalized spacial score (nSPS) is 16.4. The first-order valence-electron chi connectivity index (χ1n) is 4.74. The van der Waals surface area contributed by atoms with Crippen LogP contribution < -0.4 is 0 Å². The van der Waals surface area contributed by atoms with Crippen LogP contribution >= 0.6 is 0 Å². The van der Waals surface area contributed by atoms with E-state index >= 15 is 0 Å². The molecule has 0 aromatic carbocycles. The molecular weight excluding hydrogens is 362 g/mol. The molecule has 0 rings (SSSR count). The topological polar surface area (TPSA) is 0 Å². The molecule has 0 heterocycles. The molecule has 0 saturated heterocycles. The van der Waals surface area contributed by atoms with Gasteiger partial charge in [0.25, 0.3) is 0 Å². The smallest absolute Gasteiger partial charge is 0.203 e. The van der Waals surface area contributed by atoms with Crippen molar-refractivity contribution in [2.75, 3.05) is 0 Å². The Morgan fingerprint density at radius 1 is 0.500 bits per heavy atom. The van der Waals surface area contributed by atoms with Crippen molar-refractivity contribution in [1.29, 1.82) is 0 Å². The van der Waals surface area contributed by atoms with Crippen LogP contribution in [0.1, 0.15) is 6.92 Å². The second-order valence-corrected chi connectivity index (χ2v) is 4.11. The third-order valence-electron chi connectivity index (χ3n) is 2.43. The third kappa shape index (κ3) is 2.47. The fourth-order valence-corrected chi connectivity index (χ4v) is 1.02. The van der Waals surface area contributed by atoms with E-state index in [-0.39, 0.29) is 0 Å². The van der Waals surface area contributed by atoms with Gasteiger partial charge in [-0.2, -0.15) is 52.7 Å². The summed E-state index contributed by atoms with van der Waals surface area (Å²) < 4.78 is 174. The zero-order valence-electron chi connectivity index (χ0n) is 9.87. The average Bonchev–Trinajstić information content (AvgIpc) is 2.25. The molecule has 0 aliphatic carbocycles. The fourth-order valence-electron chi connectivity index (χ4n) is 1.02. The maximum absolute atomic E-state index is 12.7. The first kappa shape index (κ1) is 21.0. The Hall–Kier alpha value is -0.980. The van der Waals surface area contributed by atoms with Gasteiger partial charge in [-0.25, -0.2) is 8.78 Å². The molecule has 0 bridgehead atoms. The molecule has 0 N–H and O–H groups in total. The van der Waals surface area contributed by atoms with E-state index < -0.39 is 48.9 Å². The van der Waals surface area contributed by atoms with Crippen molar-refractivity contribution in [1.82, 2.24) is 0 Å². The van der Waals surface area contributed by atoms with Crippen molar-refractivity contribution >= 4 is 0 Å². The van der Waals surface area contributed by atoms with E-state index in [0.717, 1.165) is 0 Å². The van der Waals surface area contributed by atoms with E-state index in [1.807, 2.05) is 0 Å². The highest BCUT2D eigenvalue weighted by molar-refractivity contribution is 5.11. The first-order valence-corrected chi connectivity index (χ1v) is 4.74. The maximum Gasteiger partial charge on any atom is 0.384 e. The van der Waals surface area contributed by atoms with Crippen LogP contribution in [0.3, 0.4) is 0 Å². The third-order valence-corrected chi connectivity index (χ3v) is 2.43. The Bertz CT molecular complexity index is 402. The molecule has 0 saturated carbocycles. The summed E-state index contributed by atoms with van der Waals surface area (Å²) >= 11 is 0. The Labute approximate surface area is 112 Å². The van der Waals surface area contributed by atoms with Crippen molar-refractivity contribution in [3.63, 3.8) is 0 Å². The van der Waals surface area contributed by atoms with Crippen LogP contribution in [0.25, 0.3) is 0 Å². The summed E-state index contributed by atoms with van der Waals surface area (Å²) in [7, 11) is 0. The van der Waals surface area contributed by atoms with Crippen LogP contribution in [-0.2, 0) is 0 Å². The van der Waals surface area contributed by atoms with Crippen molar-refractivity contribution in [2.45, 2.75) is 48.9 Å². The summed E-state index contributed by atoms with van der Waals surface area (Å²) in [5, 5.41) is 0. The molecule has 0 aromatic rings. The molecule has 0 nitrogen and oxygen atoms in total. The molecule has 14 heteroatoms. The lowest BCUT2D eigenvalue weighted by atomic mass is 9.92. The lowest BCUT2D eigenvalue weighted by Gasteiger charge is -2.40. The molecule has 0 spiro atoms. The van der Waals surface area contributed by atoms with E-state index in [9.17, 15) is 61.5 Å². The van der Waals surface area contributed by atoms with Gasteiger partial charge in [-0.3, -0.25) is 0 Å². The predicted octanol–water partition coefficient (Wildman–Crippen LogP) is 5.08. The molecule has 0 aromatic heterocycles. The second-order valence-electron chi connectivity index (χ2n) is 4.11. The number of hydrogen-bond acceptors (Lipinski definition) is 0. The van der Waals surface area contributed by atoms with Crippen LogP contribution in [0.5, 0.6) is 0 Å². The van der Waals surface area contributed by atoms with E-state index in [4.69, 9.17) is 0 Å². The molecular formula is C8H4F14. The van der Waals surface area contributed by atoms with Crippen LogP contribution in [0.4, 0.5) is 61.5 Å².